The Morgan fingerprint density at radius 3 is 2.65 bits per heavy atom. The van der Waals surface area contributed by atoms with Crippen LogP contribution in [0.5, 0.6) is 0 Å². The summed E-state index contributed by atoms with van der Waals surface area (Å²) in [4.78, 5) is 4.29. The lowest BCUT2D eigenvalue weighted by molar-refractivity contribution is 1.44. The summed E-state index contributed by atoms with van der Waals surface area (Å²) in [5.41, 5.74) is 2.11. The van der Waals surface area contributed by atoms with Gasteiger partial charge in [-0.05, 0) is 45.8 Å². The Labute approximate surface area is 131 Å². The molecule has 2 nitrogen and oxygen atoms in total. The molecule has 4 heteroatoms. The molecule has 0 saturated carbocycles. The first-order valence-corrected chi connectivity index (χ1v) is 7.02. The number of nitrogens with zero attached hydrogens (tertiary/aromatic N) is 2. The lowest BCUT2D eigenvalue weighted by Gasteiger charge is -1.98. The summed E-state index contributed by atoms with van der Waals surface area (Å²) < 4.78 is 0.813. The predicted octanol–water partition coefficient (Wildman–Crippen LogP) is 5.35. The van der Waals surface area contributed by atoms with Crippen LogP contribution in [0.4, 0.5) is 5.69 Å². The van der Waals surface area contributed by atoms with Gasteiger partial charge in [-0.15, -0.1) is 0 Å². The molecule has 2 aromatic rings. The van der Waals surface area contributed by atoms with E-state index in [0.29, 0.717) is 16.3 Å². The number of hydrogen-bond acceptors (Lipinski definition) is 2. The summed E-state index contributed by atoms with van der Waals surface area (Å²) >= 11 is 9.34. The average Bonchev–Trinajstić information content (AvgIpc) is 2.46. The smallest absolute Gasteiger partial charge is 0.101 e. The van der Waals surface area contributed by atoms with Gasteiger partial charge in [0.05, 0.1) is 11.3 Å². The molecule has 0 bridgehead atoms. The maximum atomic E-state index is 9.02. The zero-order chi connectivity index (χ0) is 14.4. The molecule has 98 valence electrons. The van der Waals surface area contributed by atoms with Crippen molar-refractivity contribution < 1.29 is 0 Å². The molecule has 0 aliphatic heterocycles. The normalized spacial score (nSPS) is 11.6. The SMILES string of the molecule is N#Cc1ccc(Cl)cc1N=C/C(Br)=C/c1ccccc1. The first-order chi connectivity index (χ1) is 9.69. The minimum atomic E-state index is 0.491. The molecule has 0 heterocycles. The fourth-order valence-electron chi connectivity index (χ4n) is 1.58. The van der Waals surface area contributed by atoms with Gasteiger partial charge in [0, 0.05) is 15.7 Å². The molecule has 0 atom stereocenters. The topological polar surface area (TPSA) is 36.1 Å². The summed E-state index contributed by atoms with van der Waals surface area (Å²) in [6.07, 6.45) is 3.60. The molecule has 0 aliphatic carbocycles. The van der Waals surface area contributed by atoms with Gasteiger partial charge >= 0.3 is 0 Å². The Kier molecular flexibility index (Phi) is 5.11. The molecule has 2 aromatic carbocycles. The van der Waals surface area contributed by atoms with Gasteiger partial charge in [-0.3, -0.25) is 4.99 Å². The first kappa shape index (κ1) is 14.5. The lowest BCUT2D eigenvalue weighted by atomic mass is 10.2. The van der Waals surface area contributed by atoms with E-state index < -0.39 is 0 Å². The molecule has 0 amide bonds. The van der Waals surface area contributed by atoms with Gasteiger partial charge in [0.2, 0.25) is 0 Å². The minimum Gasteiger partial charge on any atom is -0.254 e. The van der Waals surface area contributed by atoms with Gasteiger partial charge in [0.25, 0.3) is 0 Å². The number of rotatable bonds is 3. The first-order valence-electron chi connectivity index (χ1n) is 5.85. The molecular weight excluding hydrogens is 336 g/mol. The highest BCUT2D eigenvalue weighted by atomic mass is 79.9. The summed E-state index contributed by atoms with van der Waals surface area (Å²) in [5.74, 6) is 0. The summed E-state index contributed by atoms with van der Waals surface area (Å²) in [5, 5.41) is 9.57. The largest absolute Gasteiger partial charge is 0.254 e. The van der Waals surface area contributed by atoms with Gasteiger partial charge in [-0.2, -0.15) is 5.26 Å². The highest BCUT2D eigenvalue weighted by Gasteiger charge is 2.00. The van der Waals surface area contributed by atoms with Crippen molar-refractivity contribution in [3.05, 3.63) is 69.2 Å². The molecule has 0 N–H and O–H groups in total. The van der Waals surface area contributed by atoms with Gasteiger partial charge < -0.3 is 0 Å². The van der Waals surface area contributed by atoms with E-state index in [1.54, 1.807) is 24.4 Å². The predicted molar refractivity (Wildman–Crippen MR) is 87.7 cm³/mol. The van der Waals surface area contributed by atoms with E-state index in [2.05, 4.69) is 27.0 Å². The van der Waals surface area contributed by atoms with Gasteiger partial charge in [0.15, 0.2) is 0 Å². The lowest BCUT2D eigenvalue weighted by Crippen LogP contribution is -1.79. The summed E-state index contributed by atoms with van der Waals surface area (Å²) in [7, 11) is 0. The molecule has 2 rings (SSSR count). The van der Waals surface area contributed by atoms with E-state index in [4.69, 9.17) is 16.9 Å². The fraction of sp³-hybridized carbons (Fsp3) is 0. The van der Waals surface area contributed by atoms with Crippen molar-refractivity contribution in [1.29, 1.82) is 5.26 Å². The molecule has 0 aliphatic rings. The van der Waals surface area contributed by atoms with E-state index in [1.165, 1.54) is 0 Å². The van der Waals surface area contributed by atoms with E-state index in [0.717, 1.165) is 10.0 Å². The highest BCUT2D eigenvalue weighted by Crippen LogP contribution is 2.23. The molecule has 20 heavy (non-hydrogen) atoms. The van der Waals surface area contributed by atoms with E-state index in [-0.39, 0.29) is 0 Å². The second-order valence-corrected chi connectivity index (χ2v) is 5.32. The second kappa shape index (κ2) is 7.04. The van der Waals surface area contributed by atoms with E-state index in [1.807, 2.05) is 36.4 Å². The van der Waals surface area contributed by atoms with Crippen LogP contribution >= 0.6 is 27.5 Å². The standard InChI is InChI=1S/C16H10BrClN2/c17-14(8-12-4-2-1-3-5-12)11-20-16-9-15(18)7-6-13(16)10-19/h1-9,11H/b14-8-,20-11?. The van der Waals surface area contributed by atoms with Crippen molar-refractivity contribution in [2.24, 2.45) is 4.99 Å². The van der Waals surface area contributed by atoms with Crippen molar-refractivity contribution in [2.45, 2.75) is 0 Å². The zero-order valence-electron chi connectivity index (χ0n) is 10.4. The van der Waals surface area contributed by atoms with E-state index in [9.17, 15) is 0 Å². The van der Waals surface area contributed by atoms with Crippen molar-refractivity contribution in [3.63, 3.8) is 0 Å². The number of halogens is 2. The fourth-order valence-corrected chi connectivity index (χ4v) is 2.12. The Hall–Kier alpha value is -1.89. The van der Waals surface area contributed by atoms with Crippen molar-refractivity contribution in [2.75, 3.05) is 0 Å². The molecule has 0 aromatic heterocycles. The van der Waals surface area contributed by atoms with Crippen LogP contribution in [0.3, 0.4) is 0 Å². The third-order valence-electron chi connectivity index (χ3n) is 2.51. The molecule has 0 saturated heterocycles. The molecular formula is C16H10BrClN2. The third-order valence-corrected chi connectivity index (χ3v) is 3.18. The molecule has 0 fully saturated rings. The van der Waals surface area contributed by atoms with Crippen LogP contribution in [0.1, 0.15) is 11.1 Å². The Balaban J connectivity index is 2.24. The number of nitriles is 1. The minimum absolute atomic E-state index is 0.491. The van der Waals surface area contributed by atoms with Crippen LogP contribution in [0.2, 0.25) is 5.02 Å². The Morgan fingerprint density at radius 1 is 1.20 bits per heavy atom. The molecule has 0 radical (unpaired) electrons. The van der Waals surface area contributed by atoms with Crippen LogP contribution in [0.25, 0.3) is 6.08 Å². The van der Waals surface area contributed by atoms with Gasteiger partial charge in [-0.1, -0.05) is 41.9 Å². The van der Waals surface area contributed by atoms with Crippen LogP contribution in [0.15, 0.2) is 58.0 Å². The van der Waals surface area contributed by atoms with Gasteiger partial charge in [0.1, 0.15) is 6.07 Å². The number of aliphatic imine (C=N–C) groups is 1. The van der Waals surface area contributed by atoms with Crippen LogP contribution in [0, 0.1) is 11.3 Å². The van der Waals surface area contributed by atoms with Gasteiger partial charge in [-0.25, -0.2) is 0 Å². The molecule has 0 spiro atoms. The highest BCUT2D eigenvalue weighted by molar-refractivity contribution is 9.12. The quantitative estimate of drug-likeness (QED) is 0.691. The number of benzene rings is 2. The third kappa shape index (κ3) is 4.06. The Morgan fingerprint density at radius 2 is 1.95 bits per heavy atom. The number of hydrogen-bond donors (Lipinski definition) is 0. The zero-order valence-corrected chi connectivity index (χ0v) is 12.8. The van der Waals surface area contributed by atoms with Crippen molar-refractivity contribution in [1.82, 2.24) is 0 Å². The maximum absolute atomic E-state index is 9.02. The summed E-state index contributed by atoms with van der Waals surface area (Å²) in [6.45, 7) is 0. The van der Waals surface area contributed by atoms with Crippen LogP contribution in [-0.2, 0) is 0 Å². The average molecular weight is 346 g/mol. The number of allylic oxidation sites excluding steroid dienone is 1. The van der Waals surface area contributed by atoms with Crippen molar-refractivity contribution in [3.8, 4) is 6.07 Å². The maximum Gasteiger partial charge on any atom is 0.101 e. The van der Waals surface area contributed by atoms with E-state index >= 15 is 0 Å². The Bertz CT molecular complexity index is 700. The van der Waals surface area contributed by atoms with Crippen molar-refractivity contribution >= 4 is 45.5 Å². The second-order valence-electron chi connectivity index (χ2n) is 3.97. The van der Waals surface area contributed by atoms with Crippen LogP contribution < -0.4 is 0 Å². The summed E-state index contributed by atoms with van der Waals surface area (Å²) in [6, 6.07) is 17.0. The molecule has 0 unspecified atom stereocenters. The van der Waals surface area contributed by atoms with Crippen LogP contribution in [-0.4, -0.2) is 6.21 Å². The monoisotopic (exact) mass is 344 g/mol.